The zero-order valence-corrected chi connectivity index (χ0v) is 11.2. The Balaban J connectivity index is 2.36. The van der Waals surface area contributed by atoms with E-state index in [4.69, 9.17) is 17.3 Å². The maximum Gasteiger partial charge on any atom is 0.123 e. The summed E-state index contributed by atoms with van der Waals surface area (Å²) in [7, 11) is 0. The fraction of sp³-hybridized carbons (Fsp3) is 0.0769. The van der Waals surface area contributed by atoms with E-state index in [0.29, 0.717) is 5.02 Å². The number of hydrogen-bond acceptors (Lipinski definition) is 1. The van der Waals surface area contributed by atoms with Crippen LogP contribution in [0.2, 0.25) is 5.02 Å². The molecule has 2 N–H and O–H groups in total. The molecule has 1 atom stereocenters. The number of nitrogens with two attached hydrogens (primary N) is 1. The maximum atomic E-state index is 13.1. The van der Waals surface area contributed by atoms with Crippen LogP contribution in [0, 0.1) is 5.82 Å². The highest BCUT2D eigenvalue weighted by molar-refractivity contribution is 9.10. The molecule has 0 saturated heterocycles. The molecule has 0 saturated carbocycles. The van der Waals surface area contributed by atoms with Crippen LogP contribution in [0.1, 0.15) is 17.2 Å². The number of rotatable bonds is 2. The molecular weight excluding hydrogens is 305 g/mol. The highest BCUT2D eigenvalue weighted by Crippen LogP contribution is 2.28. The summed E-state index contributed by atoms with van der Waals surface area (Å²) in [4.78, 5) is 0. The molecule has 4 heteroatoms. The Kier molecular flexibility index (Phi) is 3.82. The number of hydrogen-bond donors (Lipinski definition) is 1. The van der Waals surface area contributed by atoms with Crippen LogP contribution in [-0.2, 0) is 0 Å². The molecule has 0 bridgehead atoms. The van der Waals surface area contributed by atoms with Crippen molar-refractivity contribution in [3.8, 4) is 0 Å². The van der Waals surface area contributed by atoms with E-state index < -0.39 is 0 Å². The van der Waals surface area contributed by atoms with Crippen LogP contribution in [0.5, 0.6) is 0 Å². The fourth-order valence-electron chi connectivity index (χ4n) is 1.60. The molecule has 2 rings (SSSR count). The molecule has 1 nitrogen and oxygen atoms in total. The molecule has 0 radical (unpaired) electrons. The zero-order chi connectivity index (χ0) is 12.4. The van der Waals surface area contributed by atoms with Crippen LogP contribution in [0.25, 0.3) is 0 Å². The van der Waals surface area contributed by atoms with Gasteiger partial charge >= 0.3 is 0 Å². The summed E-state index contributed by atoms with van der Waals surface area (Å²) in [5.41, 5.74) is 7.69. The fourth-order valence-corrected chi connectivity index (χ4v) is 2.11. The van der Waals surface area contributed by atoms with Gasteiger partial charge in [-0.3, -0.25) is 0 Å². The molecule has 17 heavy (non-hydrogen) atoms. The summed E-state index contributed by atoms with van der Waals surface area (Å²) >= 11 is 9.25. The van der Waals surface area contributed by atoms with Gasteiger partial charge in [-0.25, -0.2) is 4.39 Å². The van der Waals surface area contributed by atoms with Crippen molar-refractivity contribution < 1.29 is 4.39 Å². The second-order valence-corrected chi connectivity index (χ2v) is 4.97. The smallest absolute Gasteiger partial charge is 0.123 e. The van der Waals surface area contributed by atoms with Gasteiger partial charge in [-0.05, 0) is 51.3 Å². The predicted octanol–water partition coefficient (Wildman–Crippen LogP) is 4.29. The lowest BCUT2D eigenvalue weighted by Crippen LogP contribution is -2.11. The maximum absolute atomic E-state index is 13.1. The van der Waals surface area contributed by atoms with E-state index in [9.17, 15) is 4.39 Å². The SMILES string of the molecule is NC(c1cccc(F)c1)c1ccc(Cl)c(Br)c1. The standard InChI is InChI=1S/C13H10BrClFN/c14-11-7-9(4-5-12(11)15)13(17)8-2-1-3-10(16)6-8/h1-7,13H,17H2. The lowest BCUT2D eigenvalue weighted by Gasteiger charge is -2.13. The van der Waals surface area contributed by atoms with Crippen LogP contribution in [0.3, 0.4) is 0 Å². The van der Waals surface area contributed by atoms with Gasteiger partial charge in [0.2, 0.25) is 0 Å². The third kappa shape index (κ3) is 2.86. The zero-order valence-electron chi connectivity index (χ0n) is 8.83. The van der Waals surface area contributed by atoms with Crippen LogP contribution in [-0.4, -0.2) is 0 Å². The van der Waals surface area contributed by atoms with Gasteiger partial charge in [0, 0.05) is 4.47 Å². The molecule has 0 spiro atoms. The monoisotopic (exact) mass is 313 g/mol. The largest absolute Gasteiger partial charge is 0.320 e. The Hall–Kier alpha value is -0.900. The first-order valence-corrected chi connectivity index (χ1v) is 6.21. The molecule has 0 fully saturated rings. The summed E-state index contributed by atoms with van der Waals surface area (Å²) in [6.07, 6.45) is 0. The van der Waals surface area contributed by atoms with Gasteiger partial charge < -0.3 is 5.73 Å². The van der Waals surface area contributed by atoms with E-state index >= 15 is 0 Å². The first kappa shape index (κ1) is 12.6. The van der Waals surface area contributed by atoms with Gasteiger partial charge in [0.1, 0.15) is 5.82 Å². The van der Waals surface area contributed by atoms with Crippen LogP contribution in [0.4, 0.5) is 4.39 Å². The lowest BCUT2D eigenvalue weighted by atomic mass is 10.00. The molecular formula is C13H10BrClFN. The first-order valence-electron chi connectivity index (χ1n) is 5.04. The van der Waals surface area contributed by atoms with E-state index in [0.717, 1.165) is 15.6 Å². The molecule has 0 heterocycles. The van der Waals surface area contributed by atoms with Gasteiger partial charge in [-0.1, -0.05) is 29.8 Å². The van der Waals surface area contributed by atoms with Crippen molar-refractivity contribution in [3.05, 3.63) is 68.9 Å². The van der Waals surface area contributed by atoms with Crippen LogP contribution < -0.4 is 5.73 Å². The molecule has 0 aromatic heterocycles. The van der Waals surface area contributed by atoms with Crippen molar-refractivity contribution in [2.75, 3.05) is 0 Å². The average Bonchev–Trinajstić information content (AvgIpc) is 2.32. The van der Waals surface area contributed by atoms with Crippen molar-refractivity contribution in [2.45, 2.75) is 6.04 Å². The van der Waals surface area contributed by atoms with Gasteiger partial charge in [-0.15, -0.1) is 0 Å². The Bertz CT molecular complexity index is 545. The molecule has 1 unspecified atom stereocenters. The van der Waals surface area contributed by atoms with Gasteiger partial charge in [0.15, 0.2) is 0 Å². The highest BCUT2D eigenvalue weighted by Gasteiger charge is 2.10. The minimum atomic E-state index is -0.362. The summed E-state index contributed by atoms with van der Waals surface area (Å²) in [5, 5.41) is 0.625. The molecule has 2 aromatic rings. The Morgan fingerprint density at radius 2 is 1.82 bits per heavy atom. The van der Waals surface area contributed by atoms with Crippen molar-refractivity contribution in [2.24, 2.45) is 5.73 Å². The van der Waals surface area contributed by atoms with Gasteiger partial charge in [-0.2, -0.15) is 0 Å². The van der Waals surface area contributed by atoms with Crippen molar-refractivity contribution in [3.63, 3.8) is 0 Å². The van der Waals surface area contributed by atoms with E-state index in [1.165, 1.54) is 12.1 Å². The Morgan fingerprint density at radius 1 is 1.12 bits per heavy atom. The first-order chi connectivity index (χ1) is 8.08. The van der Waals surface area contributed by atoms with Crippen LogP contribution >= 0.6 is 27.5 Å². The van der Waals surface area contributed by atoms with E-state index in [1.807, 2.05) is 12.1 Å². The van der Waals surface area contributed by atoms with Crippen molar-refractivity contribution in [1.82, 2.24) is 0 Å². The van der Waals surface area contributed by atoms with Gasteiger partial charge in [0.05, 0.1) is 11.1 Å². The molecule has 0 amide bonds. The normalized spacial score (nSPS) is 12.5. The van der Waals surface area contributed by atoms with Crippen molar-refractivity contribution in [1.29, 1.82) is 0 Å². The van der Waals surface area contributed by atoms with Crippen molar-refractivity contribution >= 4 is 27.5 Å². The van der Waals surface area contributed by atoms with E-state index in [2.05, 4.69) is 15.9 Å². The molecule has 0 aliphatic carbocycles. The second kappa shape index (κ2) is 5.17. The number of halogens is 3. The molecule has 88 valence electrons. The molecule has 2 aromatic carbocycles. The Morgan fingerprint density at radius 3 is 2.47 bits per heavy atom. The third-order valence-corrected chi connectivity index (χ3v) is 3.72. The predicted molar refractivity (Wildman–Crippen MR) is 71.6 cm³/mol. The summed E-state index contributed by atoms with van der Waals surface area (Å²) in [6, 6.07) is 11.4. The topological polar surface area (TPSA) is 26.0 Å². The quantitative estimate of drug-likeness (QED) is 0.879. The second-order valence-electron chi connectivity index (χ2n) is 3.71. The summed E-state index contributed by atoms with van der Waals surface area (Å²) in [6.45, 7) is 0. The van der Waals surface area contributed by atoms with E-state index in [1.54, 1.807) is 18.2 Å². The average molecular weight is 315 g/mol. The molecule has 0 aliphatic heterocycles. The minimum Gasteiger partial charge on any atom is -0.320 e. The third-order valence-electron chi connectivity index (χ3n) is 2.51. The van der Waals surface area contributed by atoms with Gasteiger partial charge in [0.25, 0.3) is 0 Å². The van der Waals surface area contributed by atoms with Crippen LogP contribution in [0.15, 0.2) is 46.9 Å². The molecule has 0 aliphatic rings. The lowest BCUT2D eigenvalue weighted by molar-refractivity contribution is 0.623. The van der Waals surface area contributed by atoms with E-state index in [-0.39, 0.29) is 11.9 Å². The summed E-state index contributed by atoms with van der Waals surface area (Å²) < 4.78 is 13.9. The summed E-state index contributed by atoms with van der Waals surface area (Å²) in [5.74, 6) is -0.286. The minimum absolute atomic E-state index is 0.286. The Labute approximate surface area is 113 Å². The number of benzene rings is 2. The highest BCUT2D eigenvalue weighted by atomic mass is 79.9.